The van der Waals surface area contributed by atoms with Crippen molar-refractivity contribution < 1.29 is 13.9 Å². The zero-order valence-electron chi connectivity index (χ0n) is 13.8. The molecule has 2 aliphatic heterocycles. The smallest absolute Gasteiger partial charge is 0.289 e. The first-order valence-corrected chi connectivity index (χ1v) is 8.48. The molecule has 0 radical (unpaired) electrons. The number of para-hydroxylation sites is 1. The van der Waals surface area contributed by atoms with Crippen molar-refractivity contribution in [3.63, 3.8) is 0 Å². The first-order chi connectivity index (χ1) is 11.7. The molecule has 4 rings (SSSR count). The molecule has 1 saturated heterocycles. The van der Waals surface area contributed by atoms with Crippen LogP contribution in [0.5, 0.6) is 5.75 Å². The minimum Gasteiger partial charge on any atom is -0.483 e. The summed E-state index contributed by atoms with van der Waals surface area (Å²) in [6.07, 6.45) is 8.51. The van der Waals surface area contributed by atoms with Gasteiger partial charge in [0.1, 0.15) is 11.4 Å². The molecule has 0 unspecified atom stereocenters. The lowest BCUT2D eigenvalue weighted by molar-refractivity contribution is 0.0700. The molecule has 1 aromatic heterocycles. The minimum atomic E-state index is -0.304. The molecule has 4 heteroatoms. The number of carbonyl (C=O) groups excluding carboxylic acids is 1. The van der Waals surface area contributed by atoms with Gasteiger partial charge in [0.25, 0.3) is 5.91 Å². The number of benzene rings is 1. The molecule has 0 bridgehead atoms. The van der Waals surface area contributed by atoms with Crippen molar-refractivity contribution in [3.8, 4) is 5.75 Å². The van der Waals surface area contributed by atoms with Gasteiger partial charge in [0.15, 0.2) is 5.76 Å². The lowest BCUT2D eigenvalue weighted by Crippen LogP contribution is -2.38. The Kier molecular flexibility index (Phi) is 3.68. The number of carbonyl (C=O) groups is 1. The topological polar surface area (TPSA) is 42.7 Å². The Morgan fingerprint density at radius 3 is 2.88 bits per heavy atom. The Labute approximate surface area is 141 Å². The summed E-state index contributed by atoms with van der Waals surface area (Å²) in [6, 6.07) is 9.92. The third kappa shape index (κ3) is 2.62. The number of fused-ring (bicyclic) bond motifs is 1. The molecule has 1 amide bonds. The second-order valence-corrected chi connectivity index (χ2v) is 6.62. The van der Waals surface area contributed by atoms with Gasteiger partial charge in [-0.15, -0.1) is 0 Å². The van der Waals surface area contributed by atoms with Crippen molar-refractivity contribution in [2.45, 2.75) is 31.8 Å². The number of hydrogen-bond donors (Lipinski definition) is 0. The van der Waals surface area contributed by atoms with E-state index in [1.165, 1.54) is 0 Å². The van der Waals surface area contributed by atoms with Gasteiger partial charge in [-0.1, -0.05) is 24.3 Å². The van der Waals surface area contributed by atoms with Crippen LogP contribution in [0.1, 0.15) is 40.9 Å². The average molecular weight is 323 g/mol. The highest BCUT2D eigenvalue weighted by Gasteiger charge is 2.36. The summed E-state index contributed by atoms with van der Waals surface area (Å²) in [5.41, 5.74) is 1.70. The fraction of sp³-hybridized carbons (Fsp3) is 0.350. The highest BCUT2D eigenvalue weighted by molar-refractivity contribution is 5.92. The number of nitrogens with zero attached hydrogens (tertiary/aromatic N) is 1. The molecule has 1 atom stereocenters. The predicted molar refractivity (Wildman–Crippen MR) is 92.0 cm³/mol. The van der Waals surface area contributed by atoms with E-state index in [-0.39, 0.29) is 11.5 Å². The van der Waals surface area contributed by atoms with Gasteiger partial charge in [-0.05, 0) is 38.0 Å². The average Bonchev–Trinajstić information content (AvgIpc) is 2.92. The van der Waals surface area contributed by atoms with Gasteiger partial charge < -0.3 is 14.1 Å². The Bertz CT molecular complexity index is 792. The van der Waals surface area contributed by atoms with Crippen LogP contribution >= 0.6 is 0 Å². The van der Waals surface area contributed by atoms with Gasteiger partial charge >= 0.3 is 0 Å². The number of rotatable bonds is 1. The Morgan fingerprint density at radius 1 is 1.17 bits per heavy atom. The molecule has 2 aliphatic rings. The predicted octanol–water partition coefficient (Wildman–Crippen LogP) is 4.06. The summed E-state index contributed by atoms with van der Waals surface area (Å²) in [5.74, 6) is 1.37. The monoisotopic (exact) mass is 323 g/mol. The maximum absolute atomic E-state index is 12.7. The molecule has 0 saturated carbocycles. The Hall–Kier alpha value is -2.49. The summed E-state index contributed by atoms with van der Waals surface area (Å²) < 4.78 is 11.7. The largest absolute Gasteiger partial charge is 0.483 e. The molecule has 124 valence electrons. The van der Waals surface area contributed by atoms with Crippen molar-refractivity contribution in [2.24, 2.45) is 0 Å². The van der Waals surface area contributed by atoms with Crippen LogP contribution in [0, 0.1) is 6.92 Å². The number of furan rings is 1. The zero-order valence-corrected chi connectivity index (χ0v) is 13.8. The van der Waals surface area contributed by atoms with E-state index in [4.69, 9.17) is 9.15 Å². The van der Waals surface area contributed by atoms with Crippen LogP contribution in [-0.4, -0.2) is 29.5 Å². The van der Waals surface area contributed by atoms with Crippen molar-refractivity contribution >= 4 is 12.0 Å². The third-order valence-electron chi connectivity index (χ3n) is 4.98. The van der Waals surface area contributed by atoms with Gasteiger partial charge in [0.05, 0.1) is 6.26 Å². The molecule has 1 aromatic carbocycles. The molecule has 2 aromatic rings. The number of aryl methyl sites for hydroxylation is 1. The van der Waals surface area contributed by atoms with Crippen LogP contribution in [0.4, 0.5) is 0 Å². The molecule has 1 spiro atoms. The van der Waals surface area contributed by atoms with Crippen molar-refractivity contribution in [2.75, 3.05) is 13.1 Å². The van der Waals surface area contributed by atoms with E-state index >= 15 is 0 Å². The zero-order chi connectivity index (χ0) is 16.6. The van der Waals surface area contributed by atoms with Crippen LogP contribution in [-0.2, 0) is 0 Å². The fourth-order valence-corrected chi connectivity index (χ4v) is 3.54. The summed E-state index contributed by atoms with van der Waals surface area (Å²) in [5, 5.41) is 0. The maximum atomic E-state index is 12.7. The van der Waals surface area contributed by atoms with Gasteiger partial charge in [0, 0.05) is 30.6 Å². The van der Waals surface area contributed by atoms with E-state index < -0.39 is 0 Å². The van der Waals surface area contributed by atoms with E-state index in [1.807, 2.05) is 36.1 Å². The van der Waals surface area contributed by atoms with Crippen LogP contribution in [0.3, 0.4) is 0 Å². The minimum absolute atomic E-state index is 0.0188. The SMILES string of the molecule is Cc1ccoc1C(=O)N1CCC[C@]2(C=Cc3ccccc3O2)CC1. The first kappa shape index (κ1) is 15.1. The van der Waals surface area contributed by atoms with E-state index in [0.29, 0.717) is 12.3 Å². The van der Waals surface area contributed by atoms with Crippen molar-refractivity contribution in [1.29, 1.82) is 0 Å². The molecular weight excluding hydrogens is 302 g/mol. The van der Waals surface area contributed by atoms with E-state index in [2.05, 4.69) is 18.2 Å². The number of ether oxygens (including phenoxy) is 1. The summed E-state index contributed by atoms with van der Waals surface area (Å²) in [6.45, 7) is 3.31. The maximum Gasteiger partial charge on any atom is 0.289 e. The normalized spacial score (nSPS) is 22.8. The molecule has 4 nitrogen and oxygen atoms in total. The van der Waals surface area contributed by atoms with Crippen LogP contribution in [0.2, 0.25) is 0 Å². The van der Waals surface area contributed by atoms with Gasteiger partial charge in [-0.25, -0.2) is 0 Å². The molecular formula is C20H21NO3. The lowest BCUT2D eigenvalue weighted by Gasteiger charge is -2.34. The van der Waals surface area contributed by atoms with Gasteiger partial charge in [0.2, 0.25) is 0 Å². The fourth-order valence-electron chi connectivity index (χ4n) is 3.54. The second kappa shape index (κ2) is 5.86. The highest BCUT2D eigenvalue weighted by Crippen LogP contribution is 2.37. The van der Waals surface area contributed by atoms with Crippen molar-refractivity contribution in [3.05, 3.63) is 59.6 Å². The Morgan fingerprint density at radius 2 is 2.04 bits per heavy atom. The number of likely N-dealkylation sites (tertiary alicyclic amines) is 1. The van der Waals surface area contributed by atoms with E-state index in [9.17, 15) is 4.79 Å². The molecule has 24 heavy (non-hydrogen) atoms. The number of amides is 1. The summed E-state index contributed by atoms with van der Waals surface area (Å²) >= 11 is 0. The molecule has 0 aliphatic carbocycles. The van der Waals surface area contributed by atoms with Crippen LogP contribution < -0.4 is 4.74 Å². The van der Waals surface area contributed by atoms with Gasteiger partial charge in [-0.2, -0.15) is 0 Å². The highest BCUT2D eigenvalue weighted by atomic mass is 16.5. The molecule has 0 N–H and O–H groups in total. The first-order valence-electron chi connectivity index (χ1n) is 8.48. The number of hydrogen-bond acceptors (Lipinski definition) is 3. The standard InChI is InChI=1S/C20H21NO3/c1-15-8-14-23-18(15)19(22)21-12-4-9-20(11-13-21)10-7-16-5-2-3-6-17(16)24-20/h2-3,5-8,10,14H,4,9,11-13H2,1H3/t20-/m0/s1. The lowest BCUT2D eigenvalue weighted by atomic mass is 9.91. The van der Waals surface area contributed by atoms with E-state index in [1.54, 1.807) is 6.26 Å². The van der Waals surface area contributed by atoms with Crippen LogP contribution in [0.25, 0.3) is 6.08 Å². The molecule has 1 fully saturated rings. The van der Waals surface area contributed by atoms with E-state index in [0.717, 1.165) is 42.7 Å². The summed E-state index contributed by atoms with van der Waals surface area (Å²) in [4.78, 5) is 14.6. The second-order valence-electron chi connectivity index (χ2n) is 6.62. The third-order valence-corrected chi connectivity index (χ3v) is 4.98. The molecule has 3 heterocycles. The quantitative estimate of drug-likeness (QED) is 0.795. The van der Waals surface area contributed by atoms with Gasteiger partial charge in [-0.3, -0.25) is 4.79 Å². The van der Waals surface area contributed by atoms with Crippen molar-refractivity contribution in [1.82, 2.24) is 4.90 Å². The van der Waals surface area contributed by atoms with Crippen LogP contribution in [0.15, 0.2) is 47.1 Å². The Balaban J connectivity index is 1.51. The summed E-state index contributed by atoms with van der Waals surface area (Å²) in [7, 11) is 0.